The molecule has 0 saturated carbocycles. The average Bonchev–Trinajstić information content (AvgIpc) is 3.05. The van der Waals surface area contributed by atoms with E-state index in [0.29, 0.717) is 11.6 Å². The Hall–Kier alpha value is -3.36. The molecule has 1 atom stereocenters. The maximum absolute atomic E-state index is 12.6. The van der Waals surface area contributed by atoms with Crippen LogP contribution in [0.5, 0.6) is 0 Å². The minimum Gasteiger partial charge on any atom is -0.479 e. The number of ether oxygens (including phenoxy) is 1. The minimum absolute atomic E-state index is 0.0895. The third-order valence-electron chi connectivity index (χ3n) is 4.67. The van der Waals surface area contributed by atoms with Gasteiger partial charge < -0.3 is 14.9 Å². The molecule has 10 heteroatoms. The maximum atomic E-state index is 12.6. The van der Waals surface area contributed by atoms with E-state index in [1.165, 1.54) is 30.3 Å². The number of amides is 1. The number of carboxylic acid groups (broad SMARTS) is 2. The smallest absolute Gasteiger partial charge is 0.411 e. The van der Waals surface area contributed by atoms with Gasteiger partial charge in [0.2, 0.25) is 5.54 Å². The highest BCUT2D eigenvalue weighted by molar-refractivity contribution is 6.42. The second-order valence-electron chi connectivity index (χ2n) is 6.84. The van der Waals surface area contributed by atoms with Crippen molar-refractivity contribution in [3.05, 3.63) is 74.7 Å². The summed E-state index contributed by atoms with van der Waals surface area (Å²) in [6.07, 6.45) is 1.95. The number of carbonyl (C=O) groups is 3. The van der Waals surface area contributed by atoms with Crippen LogP contribution in [-0.4, -0.2) is 34.9 Å². The van der Waals surface area contributed by atoms with E-state index in [2.05, 4.69) is 10.3 Å². The number of hydrogen-bond acceptors (Lipinski definition) is 5. The molecule has 1 heterocycles. The van der Waals surface area contributed by atoms with Crippen LogP contribution in [0.1, 0.15) is 18.9 Å². The quantitative estimate of drug-likeness (QED) is 0.526. The van der Waals surface area contributed by atoms with Gasteiger partial charge in [0.25, 0.3) is 0 Å². The number of nitrogens with one attached hydrogen (secondary N) is 1. The molecule has 0 fully saturated rings. The zero-order valence-corrected chi connectivity index (χ0v) is 18.3. The molecule has 166 valence electrons. The number of halogens is 2. The van der Waals surface area contributed by atoms with Crippen molar-refractivity contribution >= 4 is 52.5 Å². The largest absolute Gasteiger partial charge is 0.479 e. The number of rotatable bonds is 7. The first-order valence-corrected chi connectivity index (χ1v) is 10.2. The SMILES string of the molecule is CCCOC(=O)Nc1cccc(C2(C(=O)O)N=c3cc(Cl)c(Cl)cc3=C2C=CC(=O)O)c1. The van der Waals surface area contributed by atoms with E-state index in [4.69, 9.17) is 33.0 Å². The molecule has 1 aliphatic heterocycles. The van der Waals surface area contributed by atoms with Gasteiger partial charge in [-0.3, -0.25) is 10.3 Å². The van der Waals surface area contributed by atoms with Crippen molar-refractivity contribution in [2.24, 2.45) is 4.99 Å². The molecule has 0 aromatic heterocycles. The van der Waals surface area contributed by atoms with Gasteiger partial charge >= 0.3 is 18.0 Å². The summed E-state index contributed by atoms with van der Waals surface area (Å²) in [5.74, 6) is -2.61. The monoisotopic (exact) mass is 476 g/mol. The molecule has 3 rings (SSSR count). The number of carboxylic acids is 2. The summed E-state index contributed by atoms with van der Waals surface area (Å²) >= 11 is 12.2. The van der Waals surface area contributed by atoms with Crippen LogP contribution in [0, 0.1) is 0 Å². The Bertz CT molecular complexity index is 1260. The number of benzene rings is 2. The molecule has 1 aliphatic rings. The van der Waals surface area contributed by atoms with Crippen LogP contribution >= 0.6 is 23.2 Å². The summed E-state index contributed by atoms with van der Waals surface area (Å²) < 4.78 is 5.00. The molecular formula is C22H18Cl2N2O6. The zero-order chi connectivity index (χ0) is 23.5. The van der Waals surface area contributed by atoms with E-state index < -0.39 is 23.6 Å². The van der Waals surface area contributed by atoms with Gasteiger partial charge in [0.15, 0.2) is 0 Å². The molecule has 1 amide bonds. The molecule has 32 heavy (non-hydrogen) atoms. The van der Waals surface area contributed by atoms with Crippen LogP contribution in [0.4, 0.5) is 10.5 Å². The van der Waals surface area contributed by atoms with Crippen LogP contribution in [-0.2, 0) is 19.9 Å². The Balaban J connectivity index is 2.22. The summed E-state index contributed by atoms with van der Waals surface area (Å²) in [6, 6.07) is 8.93. The Morgan fingerprint density at radius 1 is 1.16 bits per heavy atom. The molecule has 0 radical (unpaired) electrons. The van der Waals surface area contributed by atoms with Crippen LogP contribution < -0.4 is 15.9 Å². The molecule has 0 spiro atoms. The van der Waals surface area contributed by atoms with Gasteiger partial charge in [-0.25, -0.2) is 14.4 Å². The molecule has 0 saturated heterocycles. The van der Waals surface area contributed by atoms with E-state index in [9.17, 15) is 19.5 Å². The van der Waals surface area contributed by atoms with E-state index in [1.807, 2.05) is 6.92 Å². The summed E-state index contributed by atoms with van der Waals surface area (Å²) in [4.78, 5) is 40.1. The second kappa shape index (κ2) is 9.42. The predicted molar refractivity (Wildman–Crippen MR) is 118 cm³/mol. The number of carbonyl (C=O) groups excluding carboxylic acids is 1. The Morgan fingerprint density at radius 2 is 1.88 bits per heavy atom. The fourth-order valence-electron chi connectivity index (χ4n) is 3.32. The Morgan fingerprint density at radius 3 is 2.53 bits per heavy atom. The lowest BCUT2D eigenvalue weighted by molar-refractivity contribution is -0.141. The molecule has 3 N–H and O–H groups in total. The highest BCUT2D eigenvalue weighted by Crippen LogP contribution is 2.38. The van der Waals surface area contributed by atoms with Gasteiger partial charge in [-0.2, -0.15) is 0 Å². The lowest BCUT2D eigenvalue weighted by Gasteiger charge is -2.25. The van der Waals surface area contributed by atoms with Crippen molar-refractivity contribution in [2.45, 2.75) is 18.9 Å². The van der Waals surface area contributed by atoms with Gasteiger partial charge in [-0.15, -0.1) is 0 Å². The highest BCUT2D eigenvalue weighted by Gasteiger charge is 2.46. The second-order valence-corrected chi connectivity index (χ2v) is 7.65. The van der Waals surface area contributed by atoms with Gasteiger partial charge in [-0.05, 0) is 42.3 Å². The van der Waals surface area contributed by atoms with Crippen molar-refractivity contribution in [3.63, 3.8) is 0 Å². The number of aliphatic carboxylic acids is 2. The van der Waals surface area contributed by atoms with E-state index in [-0.39, 0.29) is 38.8 Å². The first-order valence-electron chi connectivity index (χ1n) is 9.47. The fraction of sp³-hybridized carbons (Fsp3) is 0.182. The summed E-state index contributed by atoms with van der Waals surface area (Å²) in [5, 5.41) is 22.9. The Kier molecular flexibility index (Phi) is 6.86. The summed E-state index contributed by atoms with van der Waals surface area (Å²) in [5.41, 5.74) is -1.43. The van der Waals surface area contributed by atoms with E-state index >= 15 is 0 Å². The van der Waals surface area contributed by atoms with Crippen molar-refractivity contribution < 1.29 is 29.3 Å². The van der Waals surface area contributed by atoms with Crippen molar-refractivity contribution in [2.75, 3.05) is 11.9 Å². The standard InChI is InChI=1S/C22H18Cl2N2O6/c1-2-8-32-21(31)25-13-5-3-4-12(9-13)22(20(29)30)15(6-7-19(27)28)14-10-16(23)17(24)11-18(14)26-22/h3-7,9-11H,2,8H2,1H3,(H,25,31)(H,27,28)(H,29,30). The van der Waals surface area contributed by atoms with Crippen LogP contribution in [0.2, 0.25) is 10.0 Å². The van der Waals surface area contributed by atoms with Crippen LogP contribution in [0.25, 0.3) is 5.57 Å². The Labute approximate surface area is 192 Å². The van der Waals surface area contributed by atoms with Crippen LogP contribution in [0.3, 0.4) is 0 Å². The highest BCUT2D eigenvalue weighted by atomic mass is 35.5. The predicted octanol–water partition coefficient (Wildman–Crippen LogP) is 3.36. The maximum Gasteiger partial charge on any atom is 0.411 e. The average molecular weight is 477 g/mol. The van der Waals surface area contributed by atoms with E-state index in [1.54, 1.807) is 12.1 Å². The van der Waals surface area contributed by atoms with Gasteiger partial charge in [-0.1, -0.05) is 42.3 Å². The lowest BCUT2D eigenvalue weighted by atomic mass is 9.82. The molecule has 2 aromatic carbocycles. The molecular weight excluding hydrogens is 459 g/mol. The minimum atomic E-state index is -1.99. The number of nitrogens with zero attached hydrogens (tertiary/aromatic N) is 1. The first-order chi connectivity index (χ1) is 15.2. The van der Waals surface area contributed by atoms with Crippen molar-refractivity contribution in [1.29, 1.82) is 0 Å². The summed E-state index contributed by atoms with van der Waals surface area (Å²) in [7, 11) is 0. The topological polar surface area (TPSA) is 125 Å². The van der Waals surface area contributed by atoms with Crippen molar-refractivity contribution in [3.8, 4) is 0 Å². The number of hydrogen-bond donors (Lipinski definition) is 3. The van der Waals surface area contributed by atoms with Gasteiger partial charge in [0, 0.05) is 22.6 Å². The number of anilines is 1. The molecule has 0 bridgehead atoms. The normalized spacial score (nSPS) is 17.0. The summed E-state index contributed by atoms with van der Waals surface area (Å²) in [6.45, 7) is 2.08. The first kappa shape index (κ1) is 23.3. The molecule has 0 aliphatic carbocycles. The fourth-order valence-corrected chi connectivity index (χ4v) is 3.64. The molecule has 1 unspecified atom stereocenters. The van der Waals surface area contributed by atoms with Crippen molar-refractivity contribution in [1.82, 2.24) is 0 Å². The third-order valence-corrected chi connectivity index (χ3v) is 5.39. The zero-order valence-electron chi connectivity index (χ0n) is 16.8. The van der Waals surface area contributed by atoms with Gasteiger partial charge in [0.05, 0.1) is 22.0 Å². The van der Waals surface area contributed by atoms with Gasteiger partial charge in [0.1, 0.15) is 0 Å². The lowest BCUT2D eigenvalue weighted by Crippen LogP contribution is -2.34. The molecule has 8 nitrogen and oxygen atoms in total. The third kappa shape index (κ3) is 4.46. The molecule has 2 aromatic rings. The van der Waals surface area contributed by atoms with Crippen LogP contribution in [0.15, 0.2) is 53.5 Å². The van der Waals surface area contributed by atoms with E-state index in [0.717, 1.165) is 6.08 Å². The number of fused-ring (bicyclic) bond motifs is 1.